The Labute approximate surface area is 82.8 Å². The zero-order chi connectivity index (χ0) is 9.97. The highest BCUT2D eigenvalue weighted by atomic mass is 15.0. The van der Waals surface area contributed by atoms with Gasteiger partial charge in [-0.15, -0.1) is 0 Å². The maximum absolute atomic E-state index is 4.24. The van der Waals surface area contributed by atoms with Crippen molar-refractivity contribution in [3.05, 3.63) is 24.0 Å². The summed E-state index contributed by atoms with van der Waals surface area (Å²) in [6.07, 6.45) is 5.53. The van der Waals surface area contributed by atoms with E-state index in [1.807, 2.05) is 12.4 Å². The molecule has 0 saturated heterocycles. The maximum Gasteiger partial charge on any atom is 0.106 e. The van der Waals surface area contributed by atoms with Crippen molar-refractivity contribution in [2.24, 2.45) is 0 Å². The van der Waals surface area contributed by atoms with Gasteiger partial charge in [0.25, 0.3) is 0 Å². The average molecular weight is 190 g/mol. The van der Waals surface area contributed by atoms with Gasteiger partial charge in [0.15, 0.2) is 0 Å². The van der Waals surface area contributed by atoms with Crippen molar-refractivity contribution in [3.8, 4) is 11.4 Å². The molecule has 0 aliphatic carbocycles. The van der Waals surface area contributed by atoms with E-state index in [9.17, 15) is 0 Å². The first-order valence-corrected chi connectivity index (χ1v) is 4.91. The number of aromatic nitrogens is 4. The number of aromatic amines is 2. The number of rotatable bonds is 3. The first-order valence-electron chi connectivity index (χ1n) is 4.91. The van der Waals surface area contributed by atoms with Gasteiger partial charge in [0.2, 0.25) is 0 Å². The first-order chi connectivity index (χ1) is 6.83. The van der Waals surface area contributed by atoms with Gasteiger partial charge in [-0.05, 0) is 0 Å². The minimum atomic E-state index is 0.925. The van der Waals surface area contributed by atoms with Crippen LogP contribution < -0.4 is 0 Å². The van der Waals surface area contributed by atoms with Gasteiger partial charge in [-0.1, -0.05) is 13.8 Å². The van der Waals surface area contributed by atoms with Crippen LogP contribution >= 0.6 is 0 Å². The predicted octanol–water partition coefficient (Wildman–Crippen LogP) is 1.92. The second-order valence-corrected chi connectivity index (χ2v) is 3.19. The number of hydrogen-bond acceptors (Lipinski definition) is 2. The monoisotopic (exact) mass is 190 g/mol. The Hall–Kier alpha value is -1.58. The third kappa shape index (κ3) is 1.55. The fourth-order valence-corrected chi connectivity index (χ4v) is 1.36. The van der Waals surface area contributed by atoms with Crippen molar-refractivity contribution < 1.29 is 0 Å². The van der Waals surface area contributed by atoms with Gasteiger partial charge in [0.05, 0.1) is 23.8 Å². The molecule has 2 aromatic rings. The van der Waals surface area contributed by atoms with E-state index in [-0.39, 0.29) is 0 Å². The molecule has 0 fully saturated rings. The van der Waals surface area contributed by atoms with E-state index in [4.69, 9.17) is 0 Å². The molecule has 2 N–H and O–H groups in total. The van der Waals surface area contributed by atoms with Gasteiger partial charge in [0.1, 0.15) is 11.6 Å². The highest BCUT2D eigenvalue weighted by molar-refractivity contribution is 5.52. The summed E-state index contributed by atoms with van der Waals surface area (Å²) in [5.41, 5.74) is 2.02. The van der Waals surface area contributed by atoms with Crippen LogP contribution in [0.5, 0.6) is 0 Å². The van der Waals surface area contributed by atoms with E-state index in [1.54, 1.807) is 0 Å². The zero-order valence-corrected chi connectivity index (χ0v) is 8.46. The molecule has 0 aliphatic rings. The maximum atomic E-state index is 4.24. The lowest BCUT2D eigenvalue weighted by molar-refractivity contribution is 0.983. The van der Waals surface area contributed by atoms with Crippen LogP contribution in [0.1, 0.15) is 25.5 Å². The summed E-state index contributed by atoms with van der Waals surface area (Å²) in [5, 5.41) is 0. The van der Waals surface area contributed by atoms with Crippen LogP contribution in [-0.2, 0) is 12.8 Å². The number of nitrogens with zero attached hydrogens (tertiary/aromatic N) is 2. The summed E-state index contributed by atoms with van der Waals surface area (Å²) >= 11 is 0. The van der Waals surface area contributed by atoms with E-state index < -0.39 is 0 Å². The summed E-state index contributed by atoms with van der Waals surface area (Å²) in [6.45, 7) is 4.15. The zero-order valence-electron chi connectivity index (χ0n) is 8.46. The van der Waals surface area contributed by atoms with Gasteiger partial charge in [-0.2, -0.15) is 0 Å². The molecule has 0 atom stereocenters. The summed E-state index contributed by atoms with van der Waals surface area (Å²) < 4.78 is 0. The molecule has 0 amide bonds. The third-order valence-electron chi connectivity index (χ3n) is 2.22. The van der Waals surface area contributed by atoms with Crippen LogP contribution in [0.3, 0.4) is 0 Å². The van der Waals surface area contributed by atoms with Gasteiger partial charge in [-0.3, -0.25) is 0 Å². The summed E-state index contributed by atoms with van der Waals surface area (Å²) in [6, 6.07) is 0. The Kier molecular flexibility index (Phi) is 2.35. The summed E-state index contributed by atoms with van der Waals surface area (Å²) in [5.74, 6) is 2.01. The van der Waals surface area contributed by atoms with Crippen LogP contribution in [-0.4, -0.2) is 19.9 Å². The molecular formula is C10H14N4. The molecule has 0 unspecified atom stereocenters. The van der Waals surface area contributed by atoms with Gasteiger partial charge in [0, 0.05) is 12.8 Å². The van der Waals surface area contributed by atoms with E-state index >= 15 is 0 Å². The average Bonchev–Trinajstić information content (AvgIpc) is 2.86. The van der Waals surface area contributed by atoms with Crippen molar-refractivity contribution >= 4 is 0 Å². The molecule has 0 aliphatic heterocycles. The van der Waals surface area contributed by atoms with E-state index in [0.717, 1.165) is 35.9 Å². The molecule has 4 heteroatoms. The Bertz CT molecular complexity index is 373. The van der Waals surface area contributed by atoms with Crippen molar-refractivity contribution in [2.45, 2.75) is 26.7 Å². The fraction of sp³-hybridized carbons (Fsp3) is 0.400. The molecule has 0 aromatic carbocycles. The molecule has 14 heavy (non-hydrogen) atoms. The molecular weight excluding hydrogens is 176 g/mol. The third-order valence-corrected chi connectivity index (χ3v) is 2.22. The number of H-pyrrole nitrogens is 2. The minimum absolute atomic E-state index is 0.925. The molecule has 4 nitrogen and oxygen atoms in total. The Morgan fingerprint density at radius 2 is 1.36 bits per heavy atom. The molecule has 2 heterocycles. The first kappa shape index (κ1) is 8.99. The topological polar surface area (TPSA) is 57.4 Å². The Morgan fingerprint density at radius 3 is 1.64 bits per heavy atom. The molecule has 2 rings (SSSR count). The molecule has 74 valence electrons. The van der Waals surface area contributed by atoms with Gasteiger partial charge in [-0.25, -0.2) is 9.97 Å². The molecule has 0 spiro atoms. The predicted molar refractivity (Wildman–Crippen MR) is 54.9 cm³/mol. The van der Waals surface area contributed by atoms with Crippen molar-refractivity contribution in [3.63, 3.8) is 0 Å². The van der Waals surface area contributed by atoms with Crippen LogP contribution in [0.4, 0.5) is 0 Å². The number of hydrogen-bond donors (Lipinski definition) is 2. The molecule has 0 saturated carbocycles. The van der Waals surface area contributed by atoms with Gasteiger partial charge >= 0.3 is 0 Å². The Morgan fingerprint density at radius 1 is 0.929 bits per heavy atom. The normalized spacial score (nSPS) is 10.7. The van der Waals surface area contributed by atoms with Crippen molar-refractivity contribution in [2.75, 3.05) is 0 Å². The van der Waals surface area contributed by atoms with Crippen molar-refractivity contribution in [1.29, 1.82) is 0 Å². The van der Waals surface area contributed by atoms with E-state index in [2.05, 4.69) is 33.8 Å². The van der Waals surface area contributed by atoms with E-state index in [1.165, 1.54) is 0 Å². The Balaban J connectivity index is 2.29. The van der Waals surface area contributed by atoms with Crippen LogP contribution in [0.2, 0.25) is 0 Å². The van der Waals surface area contributed by atoms with Crippen LogP contribution in [0.25, 0.3) is 11.4 Å². The van der Waals surface area contributed by atoms with Crippen LogP contribution in [0, 0.1) is 0 Å². The molecule has 2 aromatic heterocycles. The number of nitrogens with one attached hydrogen (secondary N) is 2. The number of aryl methyl sites for hydroxylation is 2. The standard InChI is InChI=1S/C10H14N4/c1-3-9-11-5-7(13-9)8-6-12-10(4-2)14-8/h5-6H,3-4H2,1-2H3,(H,11,13)(H,12,14). The fourth-order valence-electron chi connectivity index (χ4n) is 1.36. The minimum Gasteiger partial charge on any atom is -0.341 e. The quantitative estimate of drug-likeness (QED) is 0.776. The van der Waals surface area contributed by atoms with E-state index in [0.29, 0.717) is 0 Å². The molecule has 0 radical (unpaired) electrons. The van der Waals surface area contributed by atoms with Crippen LogP contribution in [0.15, 0.2) is 12.4 Å². The lowest BCUT2D eigenvalue weighted by Crippen LogP contribution is -1.84. The highest BCUT2D eigenvalue weighted by Crippen LogP contribution is 2.14. The lowest BCUT2D eigenvalue weighted by Gasteiger charge is -1.90. The lowest BCUT2D eigenvalue weighted by atomic mass is 10.4. The summed E-state index contributed by atoms with van der Waals surface area (Å²) in [7, 11) is 0. The number of imidazole rings is 2. The summed E-state index contributed by atoms with van der Waals surface area (Å²) in [4.78, 5) is 15.0. The second-order valence-electron chi connectivity index (χ2n) is 3.19. The largest absolute Gasteiger partial charge is 0.341 e. The highest BCUT2D eigenvalue weighted by Gasteiger charge is 2.04. The van der Waals surface area contributed by atoms with Crippen molar-refractivity contribution in [1.82, 2.24) is 19.9 Å². The smallest absolute Gasteiger partial charge is 0.106 e. The van der Waals surface area contributed by atoms with Gasteiger partial charge < -0.3 is 9.97 Å². The molecule has 0 bridgehead atoms. The SMILES string of the molecule is CCc1ncc(-c2cnc(CC)[nH]2)[nH]1. The second kappa shape index (κ2) is 3.65.